The molecule has 4 rings (SSSR count). The summed E-state index contributed by atoms with van der Waals surface area (Å²) in [4.78, 5) is 26.8. The molecule has 1 aliphatic rings. The van der Waals surface area contributed by atoms with Gasteiger partial charge in [-0.05, 0) is 68.0 Å². The lowest BCUT2D eigenvalue weighted by Crippen LogP contribution is -2.17. The number of ether oxygens (including phenoxy) is 1. The number of nitrogens with zero attached hydrogens (tertiary/aromatic N) is 2. The maximum Gasteiger partial charge on any atom is 0.311 e. The number of carbonyl (C=O) groups is 1. The second kappa shape index (κ2) is 8.59. The number of benzene rings is 2. The number of hydrogen-bond acceptors (Lipinski definition) is 5. The van der Waals surface area contributed by atoms with Gasteiger partial charge in [0.25, 0.3) is 5.91 Å². The Balaban J connectivity index is 1.50. The topological polar surface area (TPSA) is 110 Å². The normalized spacial score (nSPS) is 15.7. The van der Waals surface area contributed by atoms with E-state index in [0.717, 1.165) is 23.7 Å². The third-order valence-corrected chi connectivity index (χ3v) is 5.56. The maximum absolute atomic E-state index is 12.6. The molecule has 1 amide bonds. The predicted molar refractivity (Wildman–Crippen MR) is 119 cm³/mol. The lowest BCUT2D eigenvalue weighted by Gasteiger charge is -2.18. The maximum atomic E-state index is 12.6. The average molecular weight is 420 g/mol. The van der Waals surface area contributed by atoms with E-state index < -0.39 is 4.92 Å². The summed E-state index contributed by atoms with van der Waals surface area (Å²) in [6.07, 6.45) is 4.59. The first-order valence-corrected chi connectivity index (χ1v) is 10.3. The van der Waals surface area contributed by atoms with Crippen molar-refractivity contribution in [1.29, 1.82) is 0 Å². The standard InChI is InChI=1S/C23H24N4O4/c1-3-31-22-9-5-15(11-21(22)27(29)30)13-24-26-23(28)16-6-8-20-18(12-16)17-10-14(2)4-7-19(17)25-20/h5-6,8-9,11-14,25H,3-4,7,10H2,1-2H3,(H,26,28)/b24-13-. The van der Waals surface area contributed by atoms with Crippen LogP contribution in [0.15, 0.2) is 41.5 Å². The lowest BCUT2D eigenvalue weighted by molar-refractivity contribution is -0.385. The average Bonchev–Trinajstić information content (AvgIpc) is 3.11. The van der Waals surface area contributed by atoms with Crippen molar-refractivity contribution in [2.75, 3.05) is 6.61 Å². The van der Waals surface area contributed by atoms with Crippen molar-refractivity contribution < 1.29 is 14.5 Å². The van der Waals surface area contributed by atoms with Crippen LogP contribution in [-0.4, -0.2) is 28.6 Å². The molecule has 31 heavy (non-hydrogen) atoms. The minimum Gasteiger partial charge on any atom is -0.487 e. The summed E-state index contributed by atoms with van der Waals surface area (Å²) >= 11 is 0. The third kappa shape index (κ3) is 4.28. The number of hydrazone groups is 1. The number of amides is 1. The molecule has 0 saturated heterocycles. The molecule has 0 aliphatic heterocycles. The first-order valence-electron chi connectivity index (χ1n) is 10.3. The Morgan fingerprint density at radius 2 is 2.19 bits per heavy atom. The van der Waals surface area contributed by atoms with Gasteiger partial charge in [-0.15, -0.1) is 0 Å². The number of nitro benzene ring substituents is 1. The molecule has 0 radical (unpaired) electrons. The number of rotatable bonds is 6. The van der Waals surface area contributed by atoms with E-state index in [0.29, 0.717) is 23.7 Å². The second-order valence-corrected chi connectivity index (χ2v) is 7.81. The molecule has 0 bridgehead atoms. The van der Waals surface area contributed by atoms with E-state index in [9.17, 15) is 14.9 Å². The fraction of sp³-hybridized carbons (Fsp3) is 0.304. The Labute approximate surface area is 179 Å². The Bertz CT molecular complexity index is 1180. The van der Waals surface area contributed by atoms with E-state index >= 15 is 0 Å². The molecular weight excluding hydrogens is 396 g/mol. The SMILES string of the molecule is CCOc1ccc(/C=N\NC(=O)c2ccc3[nH]c4c(c3c2)CC(C)CC4)cc1[N+](=O)[O-]. The highest BCUT2D eigenvalue weighted by atomic mass is 16.6. The van der Waals surface area contributed by atoms with Crippen LogP contribution in [0.5, 0.6) is 5.75 Å². The van der Waals surface area contributed by atoms with Gasteiger partial charge in [-0.25, -0.2) is 5.43 Å². The summed E-state index contributed by atoms with van der Waals surface area (Å²) in [5.74, 6) is 0.496. The lowest BCUT2D eigenvalue weighted by atomic mass is 9.87. The van der Waals surface area contributed by atoms with Gasteiger partial charge in [-0.1, -0.05) is 6.92 Å². The molecule has 3 aromatic rings. The van der Waals surface area contributed by atoms with Gasteiger partial charge in [0.2, 0.25) is 0 Å². The van der Waals surface area contributed by atoms with Crippen LogP contribution < -0.4 is 10.2 Å². The summed E-state index contributed by atoms with van der Waals surface area (Å²) in [6, 6.07) is 10.1. The first kappa shape index (κ1) is 20.6. The Hall–Kier alpha value is -3.68. The number of aryl methyl sites for hydroxylation is 1. The zero-order chi connectivity index (χ0) is 22.0. The molecule has 8 nitrogen and oxygen atoms in total. The molecule has 8 heteroatoms. The highest BCUT2D eigenvalue weighted by Crippen LogP contribution is 2.32. The van der Waals surface area contributed by atoms with E-state index in [-0.39, 0.29) is 17.3 Å². The summed E-state index contributed by atoms with van der Waals surface area (Å²) in [5, 5.41) is 16.3. The van der Waals surface area contributed by atoms with Gasteiger partial charge in [0, 0.05) is 33.8 Å². The summed E-state index contributed by atoms with van der Waals surface area (Å²) in [6.45, 7) is 4.34. The zero-order valence-corrected chi connectivity index (χ0v) is 17.5. The zero-order valence-electron chi connectivity index (χ0n) is 17.5. The van der Waals surface area contributed by atoms with Crippen molar-refractivity contribution >= 4 is 28.7 Å². The van der Waals surface area contributed by atoms with Gasteiger partial charge in [0.1, 0.15) is 0 Å². The molecular formula is C23H24N4O4. The van der Waals surface area contributed by atoms with Gasteiger partial charge < -0.3 is 9.72 Å². The minimum atomic E-state index is -0.505. The van der Waals surface area contributed by atoms with Crippen LogP contribution in [-0.2, 0) is 12.8 Å². The minimum absolute atomic E-state index is 0.144. The molecule has 1 aliphatic carbocycles. The summed E-state index contributed by atoms with van der Waals surface area (Å²) < 4.78 is 5.27. The van der Waals surface area contributed by atoms with Crippen LogP contribution in [0.25, 0.3) is 10.9 Å². The van der Waals surface area contributed by atoms with Crippen LogP contribution in [0.4, 0.5) is 5.69 Å². The molecule has 0 spiro atoms. The van der Waals surface area contributed by atoms with Crippen molar-refractivity contribution in [2.24, 2.45) is 11.0 Å². The number of nitrogens with one attached hydrogen (secondary N) is 2. The second-order valence-electron chi connectivity index (χ2n) is 7.81. The van der Waals surface area contributed by atoms with Gasteiger partial charge in [0.15, 0.2) is 5.75 Å². The quantitative estimate of drug-likeness (QED) is 0.351. The van der Waals surface area contributed by atoms with Crippen molar-refractivity contribution in [3.63, 3.8) is 0 Å². The summed E-state index contributed by atoms with van der Waals surface area (Å²) in [7, 11) is 0. The van der Waals surface area contributed by atoms with Gasteiger partial charge in [0.05, 0.1) is 17.7 Å². The van der Waals surface area contributed by atoms with Gasteiger partial charge in [-0.3, -0.25) is 14.9 Å². The highest BCUT2D eigenvalue weighted by Gasteiger charge is 2.20. The smallest absolute Gasteiger partial charge is 0.311 e. The third-order valence-electron chi connectivity index (χ3n) is 5.56. The van der Waals surface area contributed by atoms with E-state index in [1.807, 2.05) is 12.1 Å². The monoisotopic (exact) mass is 420 g/mol. The number of hydrogen-bond donors (Lipinski definition) is 2. The number of aromatic nitrogens is 1. The van der Waals surface area contributed by atoms with Crippen molar-refractivity contribution in [1.82, 2.24) is 10.4 Å². The number of nitro groups is 1. The first-order chi connectivity index (χ1) is 15.0. The van der Waals surface area contributed by atoms with E-state index in [1.54, 1.807) is 19.1 Å². The van der Waals surface area contributed by atoms with Crippen LogP contribution in [0.1, 0.15) is 47.4 Å². The van der Waals surface area contributed by atoms with E-state index in [2.05, 4.69) is 22.4 Å². The molecule has 2 aromatic carbocycles. The number of carbonyl (C=O) groups excluding carboxylic acids is 1. The largest absolute Gasteiger partial charge is 0.487 e. The molecule has 1 atom stereocenters. The number of H-pyrrole nitrogens is 1. The number of aromatic amines is 1. The molecule has 2 N–H and O–H groups in total. The van der Waals surface area contributed by atoms with Crippen LogP contribution in [0.2, 0.25) is 0 Å². The molecule has 0 saturated carbocycles. The fourth-order valence-corrected chi connectivity index (χ4v) is 4.00. The van der Waals surface area contributed by atoms with Crippen molar-refractivity contribution in [3.05, 3.63) is 68.9 Å². The van der Waals surface area contributed by atoms with E-state index in [1.165, 1.54) is 36.0 Å². The molecule has 1 unspecified atom stereocenters. The van der Waals surface area contributed by atoms with E-state index in [4.69, 9.17) is 4.74 Å². The number of fused-ring (bicyclic) bond motifs is 3. The van der Waals surface area contributed by atoms with Gasteiger partial charge in [-0.2, -0.15) is 5.10 Å². The Morgan fingerprint density at radius 3 is 2.97 bits per heavy atom. The van der Waals surface area contributed by atoms with Crippen LogP contribution in [0, 0.1) is 16.0 Å². The molecule has 160 valence electrons. The molecule has 0 fully saturated rings. The molecule has 1 aromatic heterocycles. The predicted octanol–water partition coefficient (Wildman–Crippen LogP) is 4.36. The highest BCUT2D eigenvalue weighted by molar-refractivity contribution is 5.99. The Morgan fingerprint density at radius 1 is 1.35 bits per heavy atom. The van der Waals surface area contributed by atoms with Gasteiger partial charge >= 0.3 is 5.69 Å². The van der Waals surface area contributed by atoms with Crippen LogP contribution >= 0.6 is 0 Å². The van der Waals surface area contributed by atoms with Crippen molar-refractivity contribution in [3.8, 4) is 5.75 Å². The fourth-order valence-electron chi connectivity index (χ4n) is 4.00. The van der Waals surface area contributed by atoms with Crippen LogP contribution in [0.3, 0.4) is 0 Å². The summed E-state index contributed by atoms with van der Waals surface area (Å²) in [5.41, 5.74) is 6.96. The van der Waals surface area contributed by atoms with Crippen molar-refractivity contribution in [2.45, 2.75) is 33.1 Å². The molecule has 1 heterocycles. The Kier molecular flexibility index (Phi) is 5.70.